The van der Waals surface area contributed by atoms with E-state index in [1.54, 1.807) is 24.4 Å². The number of rotatable bonds is 2. The van der Waals surface area contributed by atoms with E-state index in [4.69, 9.17) is 5.84 Å². The van der Waals surface area contributed by atoms with Crippen molar-refractivity contribution in [1.82, 2.24) is 4.98 Å². The molecule has 0 spiro atoms. The molecule has 3 N–H and O–H groups in total. The van der Waals surface area contributed by atoms with E-state index >= 15 is 0 Å². The van der Waals surface area contributed by atoms with Gasteiger partial charge in [-0.3, -0.25) is 10.8 Å². The number of nitrogens with one attached hydrogen (secondary N) is 1. The standard InChI is InChI=1S/C12H12FN3/c1-8-2-3-9(13)6-11(8)12-7-10(16-14)4-5-15-12/h2-7H,14H2,1H3,(H,15,16). The van der Waals surface area contributed by atoms with Gasteiger partial charge in [0.05, 0.1) is 11.4 Å². The van der Waals surface area contributed by atoms with Crippen LogP contribution in [-0.4, -0.2) is 4.98 Å². The molecule has 1 aromatic heterocycles. The Morgan fingerprint density at radius 3 is 2.81 bits per heavy atom. The van der Waals surface area contributed by atoms with Crippen LogP contribution in [0, 0.1) is 12.7 Å². The summed E-state index contributed by atoms with van der Waals surface area (Å²) in [5, 5.41) is 0. The van der Waals surface area contributed by atoms with Crippen LogP contribution in [0.25, 0.3) is 11.3 Å². The predicted octanol–water partition coefficient (Wildman–Crippen LogP) is 2.48. The molecule has 0 saturated carbocycles. The van der Waals surface area contributed by atoms with Crippen LogP contribution >= 0.6 is 0 Å². The Labute approximate surface area is 93.1 Å². The van der Waals surface area contributed by atoms with Crippen molar-refractivity contribution in [3.05, 3.63) is 47.9 Å². The van der Waals surface area contributed by atoms with Gasteiger partial charge >= 0.3 is 0 Å². The molecule has 0 atom stereocenters. The number of benzene rings is 1. The quantitative estimate of drug-likeness (QED) is 0.600. The van der Waals surface area contributed by atoms with E-state index in [1.807, 2.05) is 6.92 Å². The fourth-order valence-electron chi connectivity index (χ4n) is 1.54. The molecule has 1 aromatic carbocycles. The molecule has 0 unspecified atom stereocenters. The van der Waals surface area contributed by atoms with Gasteiger partial charge in [0.15, 0.2) is 0 Å². The van der Waals surface area contributed by atoms with Crippen molar-refractivity contribution in [1.29, 1.82) is 0 Å². The number of hydrazine groups is 1. The molecular formula is C12H12FN3. The van der Waals surface area contributed by atoms with Gasteiger partial charge in [0, 0.05) is 11.8 Å². The molecule has 0 amide bonds. The van der Waals surface area contributed by atoms with Gasteiger partial charge in [-0.1, -0.05) is 6.07 Å². The van der Waals surface area contributed by atoms with Gasteiger partial charge in [-0.15, -0.1) is 0 Å². The Balaban J connectivity index is 2.53. The van der Waals surface area contributed by atoms with Crippen LogP contribution in [0.3, 0.4) is 0 Å². The lowest BCUT2D eigenvalue weighted by Crippen LogP contribution is -2.06. The third-order valence-corrected chi connectivity index (χ3v) is 2.40. The van der Waals surface area contributed by atoms with Crippen molar-refractivity contribution in [2.24, 2.45) is 5.84 Å². The molecule has 0 aliphatic heterocycles. The number of nitrogen functional groups attached to an aromatic ring is 1. The largest absolute Gasteiger partial charge is 0.324 e. The first-order valence-corrected chi connectivity index (χ1v) is 4.90. The van der Waals surface area contributed by atoms with E-state index in [9.17, 15) is 4.39 Å². The minimum atomic E-state index is -0.270. The van der Waals surface area contributed by atoms with Gasteiger partial charge in [0.1, 0.15) is 5.82 Å². The molecule has 0 aliphatic carbocycles. The van der Waals surface area contributed by atoms with E-state index in [1.165, 1.54) is 12.1 Å². The molecule has 3 nitrogen and oxygen atoms in total. The number of aromatic nitrogens is 1. The van der Waals surface area contributed by atoms with Gasteiger partial charge in [-0.25, -0.2) is 4.39 Å². The van der Waals surface area contributed by atoms with Crippen molar-refractivity contribution in [2.75, 3.05) is 5.43 Å². The average Bonchev–Trinajstić information content (AvgIpc) is 2.32. The molecule has 2 rings (SSSR count). The van der Waals surface area contributed by atoms with Crippen molar-refractivity contribution >= 4 is 5.69 Å². The Kier molecular flexibility index (Phi) is 2.83. The summed E-state index contributed by atoms with van der Waals surface area (Å²) in [5.41, 5.74) is 5.73. The highest BCUT2D eigenvalue weighted by Gasteiger charge is 2.05. The van der Waals surface area contributed by atoms with E-state index in [0.29, 0.717) is 5.69 Å². The Bertz CT molecular complexity index is 511. The molecule has 0 aliphatic rings. The second-order valence-corrected chi connectivity index (χ2v) is 3.53. The van der Waals surface area contributed by atoms with Crippen LogP contribution in [0.4, 0.5) is 10.1 Å². The summed E-state index contributed by atoms with van der Waals surface area (Å²) >= 11 is 0. The highest BCUT2D eigenvalue weighted by molar-refractivity contribution is 5.66. The topological polar surface area (TPSA) is 50.9 Å². The average molecular weight is 217 g/mol. The molecule has 16 heavy (non-hydrogen) atoms. The van der Waals surface area contributed by atoms with Crippen LogP contribution in [0.2, 0.25) is 0 Å². The number of nitrogens with two attached hydrogens (primary N) is 1. The van der Waals surface area contributed by atoms with Gasteiger partial charge in [-0.05, 0) is 36.8 Å². The zero-order valence-electron chi connectivity index (χ0n) is 8.87. The molecule has 0 fully saturated rings. The van der Waals surface area contributed by atoms with E-state index < -0.39 is 0 Å². The summed E-state index contributed by atoms with van der Waals surface area (Å²) < 4.78 is 13.1. The highest BCUT2D eigenvalue weighted by atomic mass is 19.1. The third kappa shape index (κ3) is 2.01. The summed E-state index contributed by atoms with van der Waals surface area (Å²) in [6.45, 7) is 1.92. The Morgan fingerprint density at radius 2 is 2.06 bits per heavy atom. The summed E-state index contributed by atoms with van der Waals surface area (Å²) in [6, 6.07) is 8.16. The van der Waals surface area contributed by atoms with Gasteiger partial charge in [0.25, 0.3) is 0 Å². The number of nitrogens with zero attached hydrogens (tertiary/aromatic N) is 1. The zero-order valence-corrected chi connectivity index (χ0v) is 8.87. The van der Waals surface area contributed by atoms with Crippen LogP contribution < -0.4 is 11.3 Å². The SMILES string of the molecule is Cc1ccc(F)cc1-c1cc(NN)ccn1. The summed E-state index contributed by atoms with van der Waals surface area (Å²) in [5.74, 6) is 5.04. The van der Waals surface area contributed by atoms with Crippen molar-refractivity contribution in [3.8, 4) is 11.3 Å². The number of pyridine rings is 1. The smallest absolute Gasteiger partial charge is 0.123 e. The lowest BCUT2D eigenvalue weighted by molar-refractivity contribution is 0.628. The fraction of sp³-hybridized carbons (Fsp3) is 0.0833. The number of anilines is 1. The molecule has 82 valence electrons. The lowest BCUT2D eigenvalue weighted by atomic mass is 10.0. The van der Waals surface area contributed by atoms with Gasteiger partial charge in [-0.2, -0.15) is 0 Å². The summed E-state index contributed by atoms with van der Waals surface area (Å²) in [6.07, 6.45) is 1.63. The molecule has 2 aromatic rings. The van der Waals surface area contributed by atoms with Gasteiger partial charge in [0.2, 0.25) is 0 Å². The first kappa shape index (κ1) is 10.6. The van der Waals surface area contributed by atoms with E-state index in [0.717, 1.165) is 16.8 Å². The fourth-order valence-corrected chi connectivity index (χ4v) is 1.54. The molecule has 0 radical (unpaired) electrons. The second kappa shape index (κ2) is 4.28. The monoisotopic (exact) mass is 217 g/mol. The maximum atomic E-state index is 13.1. The normalized spacial score (nSPS) is 10.2. The molecule has 1 heterocycles. The lowest BCUT2D eigenvalue weighted by Gasteiger charge is -2.07. The zero-order chi connectivity index (χ0) is 11.5. The Hall–Kier alpha value is -1.94. The maximum absolute atomic E-state index is 13.1. The van der Waals surface area contributed by atoms with E-state index in [-0.39, 0.29) is 5.82 Å². The van der Waals surface area contributed by atoms with Gasteiger partial charge < -0.3 is 5.43 Å². The van der Waals surface area contributed by atoms with E-state index in [2.05, 4.69) is 10.4 Å². The number of aryl methyl sites for hydroxylation is 1. The third-order valence-electron chi connectivity index (χ3n) is 2.40. The van der Waals surface area contributed by atoms with Crippen LogP contribution in [-0.2, 0) is 0 Å². The van der Waals surface area contributed by atoms with Crippen molar-refractivity contribution < 1.29 is 4.39 Å². The predicted molar refractivity (Wildman–Crippen MR) is 62.2 cm³/mol. The van der Waals surface area contributed by atoms with Crippen molar-refractivity contribution in [2.45, 2.75) is 6.92 Å². The number of hydrogen-bond donors (Lipinski definition) is 2. The summed E-state index contributed by atoms with van der Waals surface area (Å²) in [7, 11) is 0. The first-order chi connectivity index (χ1) is 7.70. The molecular weight excluding hydrogens is 205 g/mol. The number of halogens is 1. The van der Waals surface area contributed by atoms with Crippen LogP contribution in [0.1, 0.15) is 5.56 Å². The van der Waals surface area contributed by atoms with Crippen LogP contribution in [0.5, 0.6) is 0 Å². The molecule has 4 heteroatoms. The van der Waals surface area contributed by atoms with Crippen LogP contribution in [0.15, 0.2) is 36.5 Å². The minimum absolute atomic E-state index is 0.270. The highest BCUT2D eigenvalue weighted by Crippen LogP contribution is 2.24. The minimum Gasteiger partial charge on any atom is -0.324 e. The maximum Gasteiger partial charge on any atom is 0.123 e. The number of hydrogen-bond acceptors (Lipinski definition) is 3. The second-order valence-electron chi connectivity index (χ2n) is 3.53. The molecule has 0 bridgehead atoms. The Morgan fingerprint density at radius 1 is 1.25 bits per heavy atom. The van der Waals surface area contributed by atoms with Crippen molar-refractivity contribution in [3.63, 3.8) is 0 Å². The summed E-state index contributed by atoms with van der Waals surface area (Å²) in [4.78, 5) is 4.20. The first-order valence-electron chi connectivity index (χ1n) is 4.90. The molecule has 0 saturated heterocycles.